The molecule has 0 radical (unpaired) electrons. The quantitative estimate of drug-likeness (QED) is 0.717. The highest BCUT2D eigenvalue weighted by molar-refractivity contribution is 5.97. The van der Waals surface area contributed by atoms with Crippen LogP contribution in [0, 0.1) is 5.92 Å². The van der Waals surface area contributed by atoms with Gasteiger partial charge < -0.3 is 15.0 Å². The molecule has 1 aliphatic rings. The highest BCUT2D eigenvalue weighted by atomic mass is 16.5. The van der Waals surface area contributed by atoms with Crippen molar-refractivity contribution in [1.29, 1.82) is 0 Å². The first kappa shape index (κ1) is 14.0. The third-order valence-electron chi connectivity index (χ3n) is 3.39. The van der Waals surface area contributed by atoms with Crippen LogP contribution in [0.3, 0.4) is 0 Å². The van der Waals surface area contributed by atoms with Gasteiger partial charge >= 0.3 is 0 Å². The summed E-state index contributed by atoms with van der Waals surface area (Å²) in [5.41, 5.74) is 0.608. The van der Waals surface area contributed by atoms with Gasteiger partial charge in [0.2, 0.25) is 0 Å². The van der Waals surface area contributed by atoms with Crippen LogP contribution in [0.5, 0.6) is 5.75 Å². The predicted molar refractivity (Wildman–Crippen MR) is 72.6 cm³/mol. The summed E-state index contributed by atoms with van der Waals surface area (Å²) < 4.78 is 7.01. The smallest absolute Gasteiger partial charge is 0.185 e. The minimum atomic E-state index is 0.125. The lowest BCUT2D eigenvalue weighted by Gasteiger charge is -2.26. The maximum atomic E-state index is 12.4. The summed E-state index contributed by atoms with van der Waals surface area (Å²) in [4.78, 5) is 14.4. The average Bonchev–Trinajstić information content (AvgIpc) is 2.73. The molecule has 0 atom stereocenters. The molecule has 0 saturated carbocycles. The lowest BCUT2D eigenvalue weighted by atomic mass is 9.95. The van der Waals surface area contributed by atoms with Crippen LogP contribution in [0.2, 0.25) is 0 Å². The van der Waals surface area contributed by atoms with Crippen molar-refractivity contribution < 1.29 is 9.53 Å². The van der Waals surface area contributed by atoms with Crippen LogP contribution in [-0.4, -0.2) is 61.3 Å². The number of hydrogen-bond acceptors (Lipinski definition) is 5. The van der Waals surface area contributed by atoms with Gasteiger partial charge in [0.15, 0.2) is 11.5 Å². The van der Waals surface area contributed by atoms with E-state index in [4.69, 9.17) is 4.74 Å². The second-order valence-electron chi connectivity index (χ2n) is 5.24. The van der Waals surface area contributed by atoms with Gasteiger partial charge in [-0.3, -0.25) is 9.48 Å². The molecule has 6 heteroatoms. The van der Waals surface area contributed by atoms with Gasteiger partial charge in [-0.25, -0.2) is 0 Å². The Bertz CT molecular complexity index is 438. The number of hydrogen-bond donors (Lipinski definition) is 1. The fourth-order valence-electron chi connectivity index (χ4n) is 2.11. The van der Waals surface area contributed by atoms with E-state index in [1.165, 1.54) is 0 Å². The van der Waals surface area contributed by atoms with Crippen LogP contribution >= 0.6 is 0 Å². The van der Waals surface area contributed by atoms with Crippen molar-refractivity contribution in [3.63, 3.8) is 0 Å². The van der Waals surface area contributed by atoms with E-state index in [1.54, 1.807) is 18.0 Å². The molecule has 2 heterocycles. The summed E-state index contributed by atoms with van der Waals surface area (Å²) in [5.74, 6) is 1.16. The number of carbonyl (C=O) groups is 1. The van der Waals surface area contributed by atoms with Crippen molar-refractivity contribution in [1.82, 2.24) is 20.0 Å². The number of nitrogens with one attached hydrogen (secondary N) is 1. The van der Waals surface area contributed by atoms with E-state index in [9.17, 15) is 4.79 Å². The third kappa shape index (κ3) is 3.33. The van der Waals surface area contributed by atoms with Crippen molar-refractivity contribution in [2.24, 2.45) is 5.92 Å². The van der Waals surface area contributed by atoms with Crippen molar-refractivity contribution in [2.75, 3.05) is 40.8 Å². The van der Waals surface area contributed by atoms with Crippen LogP contribution in [0.1, 0.15) is 16.9 Å². The van der Waals surface area contributed by atoms with Crippen LogP contribution in [0.15, 0.2) is 6.20 Å². The fourth-order valence-corrected chi connectivity index (χ4v) is 2.11. The van der Waals surface area contributed by atoms with Crippen LogP contribution in [-0.2, 0) is 6.54 Å². The number of aromatic nitrogens is 2. The standard InChI is InChI=1S/C13H22N4O2/c1-16(2)4-5-17-13(12(19-3)9-15-17)11(18)6-10-7-14-8-10/h9-10,14H,4-8H2,1-3H3. The molecule has 1 aliphatic heterocycles. The van der Waals surface area contributed by atoms with Gasteiger partial charge in [0.05, 0.1) is 19.9 Å². The maximum Gasteiger partial charge on any atom is 0.185 e. The van der Waals surface area contributed by atoms with Gasteiger partial charge in [0.25, 0.3) is 0 Å². The molecule has 19 heavy (non-hydrogen) atoms. The Morgan fingerprint density at radius 1 is 1.58 bits per heavy atom. The number of Topliss-reactive ketones (excluding diaryl/α,β-unsaturated/α-hetero) is 1. The number of rotatable bonds is 7. The van der Waals surface area contributed by atoms with E-state index in [0.717, 1.165) is 19.6 Å². The summed E-state index contributed by atoms with van der Waals surface area (Å²) >= 11 is 0. The number of likely N-dealkylation sites (N-methyl/N-ethyl adjacent to an activating group) is 1. The Kier molecular flexibility index (Phi) is 4.55. The van der Waals surface area contributed by atoms with Gasteiger partial charge in [-0.1, -0.05) is 0 Å². The Labute approximate surface area is 113 Å². The minimum Gasteiger partial charge on any atom is -0.493 e. The van der Waals surface area contributed by atoms with E-state index in [0.29, 0.717) is 30.3 Å². The average molecular weight is 266 g/mol. The molecule has 0 bridgehead atoms. The van der Waals surface area contributed by atoms with Crippen molar-refractivity contribution in [3.05, 3.63) is 11.9 Å². The van der Waals surface area contributed by atoms with E-state index in [2.05, 4.69) is 15.3 Å². The second kappa shape index (κ2) is 6.16. The van der Waals surface area contributed by atoms with Crippen LogP contribution in [0.4, 0.5) is 0 Å². The molecule has 2 rings (SSSR count). The van der Waals surface area contributed by atoms with Crippen LogP contribution < -0.4 is 10.1 Å². The molecule has 1 aromatic rings. The molecule has 0 unspecified atom stereocenters. The molecule has 6 nitrogen and oxygen atoms in total. The van der Waals surface area contributed by atoms with Crippen molar-refractivity contribution in [3.8, 4) is 5.75 Å². The van der Waals surface area contributed by atoms with Crippen LogP contribution in [0.25, 0.3) is 0 Å². The second-order valence-corrected chi connectivity index (χ2v) is 5.24. The highest BCUT2D eigenvalue weighted by Crippen LogP contribution is 2.22. The molecule has 1 saturated heterocycles. The van der Waals surface area contributed by atoms with Gasteiger partial charge in [-0.05, 0) is 33.1 Å². The highest BCUT2D eigenvalue weighted by Gasteiger charge is 2.25. The molecular weight excluding hydrogens is 244 g/mol. The monoisotopic (exact) mass is 266 g/mol. The van der Waals surface area contributed by atoms with Gasteiger partial charge in [0.1, 0.15) is 5.69 Å². The lowest BCUT2D eigenvalue weighted by molar-refractivity contribution is 0.0931. The topological polar surface area (TPSA) is 59.4 Å². The first-order valence-corrected chi connectivity index (χ1v) is 6.60. The van der Waals surface area contributed by atoms with Gasteiger partial charge in [-0.2, -0.15) is 5.10 Å². The summed E-state index contributed by atoms with van der Waals surface area (Å²) in [6, 6.07) is 0. The molecule has 0 spiro atoms. The zero-order valence-corrected chi connectivity index (χ0v) is 11.8. The zero-order chi connectivity index (χ0) is 13.8. The number of ether oxygens (including phenoxy) is 1. The maximum absolute atomic E-state index is 12.4. The number of ketones is 1. The first-order valence-electron chi connectivity index (χ1n) is 6.60. The summed E-state index contributed by atoms with van der Waals surface area (Å²) in [7, 11) is 5.58. The summed E-state index contributed by atoms with van der Waals surface area (Å²) in [6.45, 7) is 3.40. The largest absolute Gasteiger partial charge is 0.493 e. The van der Waals surface area contributed by atoms with E-state index in [-0.39, 0.29) is 5.78 Å². The van der Waals surface area contributed by atoms with E-state index >= 15 is 0 Å². The molecule has 1 fully saturated rings. The first-order chi connectivity index (χ1) is 9.11. The minimum absolute atomic E-state index is 0.125. The Morgan fingerprint density at radius 2 is 2.32 bits per heavy atom. The van der Waals surface area contributed by atoms with Gasteiger partial charge in [-0.15, -0.1) is 0 Å². The van der Waals surface area contributed by atoms with Crippen molar-refractivity contribution >= 4 is 5.78 Å². The zero-order valence-electron chi connectivity index (χ0n) is 11.8. The molecule has 0 aromatic carbocycles. The molecule has 106 valence electrons. The molecule has 0 aliphatic carbocycles. The SMILES string of the molecule is COc1cnn(CCN(C)C)c1C(=O)CC1CNC1. The number of methoxy groups -OCH3 is 1. The summed E-state index contributed by atoms with van der Waals surface area (Å²) in [5, 5.41) is 7.44. The predicted octanol–water partition coefficient (Wildman–Crippen LogP) is 0.246. The van der Waals surface area contributed by atoms with E-state index in [1.807, 2.05) is 14.1 Å². The molecule has 1 aromatic heterocycles. The summed E-state index contributed by atoms with van der Waals surface area (Å²) in [6.07, 6.45) is 2.19. The van der Waals surface area contributed by atoms with Gasteiger partial charge in [0, 0.05) is 13.0 Å². The van der Waals surface area contributed by atoms with E-state index < -0.39 is 0 Å². The fraction of sp³-hybridized carbons (Fsp3) is 0.692. The Hall–Kier alpha value is -1.40. The Morgan fingerprint density at radius 3 is 2.84 bits per heavy atom. The molecular formula is C13H22N4O2. The molecule has 1 N–H and O–H groups in total. The number of nitrogens with zero attached hydrogens (tertiary/aromatic N) is 3. The lowest BCUT2D eigenvalue weighted by Crippen LogP contribution is -2.43. The number of carbonyl (C=O) groups excluding carboxylic acids is 1. The third-order valence-corrected chi connectivity index (χ3v) is 3.39. The van der Waals surface area contributed by atoms with Crippen molar-refractivity contribution in [2.45, 2.75) is 13.0 Å². The Balaban J connectivity index is 2.10. The normalized spacial score (nSPS) is 15.6. The molecule has 0 amide bonds.